The van der Waals surface area contributed by atoms with E-state index in [9.17, 15) is 9.90 Å². The molecule has 4 nitrogen and oxygen atoms in total. The Morgan fingerprint density at radius 1 is 1.00 bits per heavy atom. The Morgan fingerprint density at radius 3 is 2.55 bits per heavy atom. The number of phenols is 1. The Kier molecular flexibility index (Phi) is 2.84. The highest BCUT2D eigenvalue weighted by Gasteiger charge is 2.11. The number of aromatic hydroxyl groups is 1. The second kappa shape index (κ2) is 4.66. The van der Waals surface area contributed by atoms with Crippen molar-refractivity contribution < 1.29 is 15.0 Å². The smallest absolute Gasteiger partial charge is 0.335 e. The Balaban J connectivity index is 2.23. The summed E-state index contributed by atoms with van der Waals surface area (Å²) in [6.45, 7) is 0. The van der Waals surface area contributed by atoms with Crippen LogP contribution < -0.4 is 0 Å². The minimum Gasteiger partial charge on any atom is -0.507 e. The number of phenolic OH excluding ortho intramolecular Hbond substituents is 1. The summed E-state index contributed by atoms with van der Waals surface area (Å²) in [5.74, 6) is -1.13. The van der Waals surface area contributed by atoms with E-state index in [-0.39, 0.29) is 11.3 Å². The third-order valence-corrected chi connectivity index (χ3v) is 3.20. The van der Waals surface area contributed by atoms with Crippen LogP contribution in [-0.4, -0.2) is 21.2 Å². The Labute approximate surface area is 115 Å². The van der Waals surface area contributed by atoms with Gasteiger partial charge in [-0.3, -0.25) is 4.98 Å². The third kappa shape index (κ3) is 1.97. The molecule has 1 heterocycles. The van der Waals surface area contributed by atoms with Crippen molar-refractivity contribution in [1.29, 1.82) is 0 Å². The number of benzene rings is 2. The topological polar surface area (TPSA) is 70.4 Å². The first-order valence-corrected chi connectivity index (χ1v) is 6.06. The third-order valence-electron chi connectivity index (χ3n) is 3.20. The molecule has 0 aliphatic rings. The van der Waals surface area contributed by atoms with Gasteiger partial charge in [0.05, 0.1) is 5.56 Å². The summed E-state index contributed by atoms with van der Waals surface area (Å²) in [5.41, 5.74) is 1.40. The van der Waals surface area contributed by atoms with E-state index >= 15 is 0 Å². The first kappa shape index (κ1) is 12.2. The van der Waals surface area contributed by atoms with Crippen molar-refractivity contribution in [3.05, 3.63) is 60.4 Å². The molecule has 0 fully saturated rings. The average Bonchev–Trinajstić information content (AvgIpc) is 2.46. The normalized spacial score (nSPS) is 10.6. The zero-order valence-corrected chi connectivity index (χ0v) is 10.4. The molecule has 1 aromatic heterocycles. The summed E-state index contributed by atoms with van der Waals surface area (Å²) in [5, 5.41) is 20.9. The molecule has 0 amide bonds. The average molecular weight is 265 g/mol. The number of hydrogen-bond donors (Lipinski definition) is 2. The van der Waals surface area contributed by atoms with Gasteiger partial charge in [0.1, 0.15) is 5.75 Å². The van der Waals surface area contributed by atoms with Crippen LogP contribution in [0.3, 0.4) is 0 Å². The van der Waals surface area contributed by atoms with E-state index in [1.54, 1.807) is 18.5 Å². The zero-order chi connectivity index (χ0) is 14.1. The fourth-order valence-electron chi connectivity index (χ4n) is 2.22. The van der Waals surface area contributed by atoms with Gasteiger partial charge in [0.2, 0.25) is 0 Å². The number of nitrogens with zero attached hydrogens (tertiary/aromatic N) is 1. The first-order chi connectivity index (χ1) is 9.66. The van der Waals surface area contributed by atoms with Gasteiger partial charge in [-0.2, -0.15) is 0 Å². The molecular weight excluding hydrogens is 254 g/mol. The maximum absolute atomic E-state index is 10.9. The highest BCUT2D eigenvalue weighted by molar-refractivity contribution is 5.98. The van der Waals surface area contributed by atoms with Crippen LogP contribution in [0.2, 0.25) is 0 Å². The van der Waals surface area contributed by atoms with Gasteiger partial charge in [0, 0.05) is 28.9 Å². The second-order valence-corrected chi connectivity index (χ2v) is 4.45. The molecule has 20 heavy (non-hydrogen) atoms. The van der Waals surface area contributed by atoms with E-state index in [4.69, 9.17) is 5.11 Å². The predicted molar refractivity (Wildman–Crippen MR) is 75.8 cm³/mol. The van der Waals surface area contributed by atoms with Gasteiger partial charge in [0.15, 0.2) is 0 Å². The number of carboxylic acids is 1. The Hall–Kier alpha value is -2.88. The number of carbonyl (C=O) groups is 1. The number of rotatable bonds is 2. The molecule has 0 saturated heterocycles. The number of aromatic carboxylic acids is 1. The molecule has 0 bridgehead atoms. The zero-order valence-electron chi connectivity index (χ0n) is 10.4. The van der Waals surface area contributed by atoms with E-state index in [2.05, 4.69) is 4.98 Å². The molecule has 98 valence electrons. The minimum absolute atomic E-state index is 0.0550. The van der Waals surface area contributed by atoms with Gasteiger partial charge >= 0.3 is 5.97 Å². The fourth-order valence-corrected chi connectivity index (χ4v) is 2.22. The van der Waals surface area contributed by atoms with Crippen LogP contribution in [0.15, 0.2) is 54.9 Å². The molecule has 3 aromatic rings. The first-order valence-electron chi connectivity index (χ1n) is 6.06. The van der Waals surface area contributed by atoms with E-state index in [1.807, 2.05) is 24.3 Å². The lowest BCUT2D eigenvalue weighted by Gasteiger charge is -2.08. The summed E-state index contributed by atoms with van der Waals surface area (Å²) >= 11 is 0. The summed E-state index contributed by atoms with van der Waals surface area (Å²) in [7, 11) is 0. The van der Waals surface area contributed by atoms with Crippen molar-refractivity contribution in [3.63, 3.8) is 0 Å². The van der Waals surface area contributed by atoms with Crippen LogP contribution in [-0.2, 0) is 0 Å². The number of hydrogen-bond acceptors (Lipinski definition) is 3. The van der Waals surface area contributed by atoms with Crippen LogP contribution in [0.1, 0.15) is 10.4 Å². The maximum Gasteiger partial charge on any atom is 0.335 e. The largest absolute Gasteiger partial charge is 0.507 e. The molecular formula is C16H11NO3. The van der Waals surface area contributed by atoms with Crippen molar-refractivity contribution in [2.24, 2.45) is 0 Å². The molecule has 0 spiro atoms. The van der Waals surface area contributed by atoms with Gasteiger partial charge in [0.25, 0.3) is 0 Å². The molecule has 0 unspecified atom stereocenters. The lowest BCUT2D eigenvalue weighted by atomic mass is 9.99. The minimum atomic E-state index is -1.07. The van der Waals surface area contributed by atoms with E-state index in [0.29, 0.717) is 5.56 Å². The van der Waals surface area contributed by atoms with Crippen molar-refractivity contribution in [1.82, 2.24) is 4.98 Å². The molecule has 0 saturated carbocycles. The van der Waals surface area contributed by atoms with Gasteiger partial charge in [-0.15, -0.1) is 0 Å². The van der Waals surface area contributed by atoms with Crippen LogP contribution in [0, 0.1) is 0 Å². The van der Waals surface area contributed by atoms with E-state index < -0.39 is 5.97 Å². The van der Waals surface area contributed by atoms with Crippen molar-refractivity contribution in [2.45, 2.75) is 0 Å². The molecule has 2 aromatic carbocycles. The molecule has 0 atom stereocenters. The fraction of sp³-hybridized carbons (Fsp3) is 0. The van der Waals surface area contributed by atoms with Crippen molar-refractivity contribution in [2.75, 3.05) is 0 Å². The van der Waals surface area contributed by atoms with E-state index in [0.717, 1.165) is 16.3 Å². The summed E-state index contributed by atoms with van der Waals surface area (Å²) in [6.07, 6.45) is 3.42. The molecule has 2 N–H and O–H groups in total. The Morgan fingerprint density at radius 2 is 1.80 bits per heavy atom. The lowest BCUT2D eigenvalue weighted by molar-refractivity contribution is 0.0696. The van der Waals surface area contributed by atoms with Crippen LogP contribution in [0.4, 0.5) is 0 Å². The van der Waals surface area contributed by atoms with Crippen LogP contribution in [0.25, 0.3) is 21.9 Å². The Bertz CT molecular complexity index is 806. The predicted octanol–water partition coefficient (Wildman–Crippen LogP) is 3.31. The standard InChI is InChI=1S/C16H11NO3/c18-15-7-10(16(19)20)5-6-13(15)14-9-17-8-11-3-1-2-4-12(11)14/h1-9,18H,(H,19,20). The quantitative estimate of drug-likeness (QED) is 0.745. The van der Waals surface area contributed by atoms with Crippen molar-refractivity contribution in [3.8, 4) is 16.9 Å². The summed E-state index contributed by atoms with van der Waals surface area (Å²) in [6, 6.07) is 12.0. The number of pyridine rings is 1. The van der Waals surface area contributed by atoms with E-state index in [1.165, 1.54) is 12.1 Å². The highest BCUT2D eigenvalue weighted by Crippen LogP contribution is 2.34. The van der Waals surface area contributed by atoms with Gasteiger partial charge in [-0.05, 0) is 23.6 Å². The number of aromatic nitrogens is 1. The van der Waals surface area contributed by atoms with Crippen molar-refractivity contribution >= 4 is 16.7 Å². The van der Waals surface area contributed by atoms with Crippen LogP contribution >= 0.6 is 0 Å². The molecule has 0 radical (unpaired) electrons. The molecule has 3 rings (SSSR count). The van der Waals surface area contributed by atoms with Gasteiger partial charge in [-0.1, -0.05) is 24.3 Å². The number of fused-ring (bicyclic) bond motifs is 1. The number of carboxylic acid groups (broad SMARTS) is 1. The second-order valence-electron chi connectivity index (χ2n) is 4.45. The molecule has 0 aliphatic heterocycles. The van der Waals surface area contributed by atoms with Gasteiger partial charge in [-0.25, -0.2) is 4.79 Å². The molecule has 4 heteroatoms. The summed E-state index contributed by atoms with van der Waals surface area (Å²) in [4.78, 5) is 15.1. The van der Waals surface area contributed by atoms with Crippen LogP contribution in [0.5, 0.6) is 5.75 Å². The highest BCUT2D eigenvalue weighted by atomic mass is 16.4. The maximum atomic E-state index is 10.9. The SMILES string of the molecule is O=C(O)c1ccc(-c2cncc3ccccc23)c(O)c1. The van der Waals surface area contributed by atoms with Gasteiger partial charge < -0.3 is 10.2 Å². The lowest BCUT2D eigenvalue weighted by Crippen LogP contribution is -1.95. The summed E-state index contributed by atoms with van der Waals surface area (Å²) < 4.78 is 0. The molecule has 0 aliphatic carbocycles. The monoisotopic (exact) mass is 265 g/mol.